The predicted molar refractivity (Wildman–Crippen MR) is 117 cm³/mol. The van der Waals surface area contributed by atoms with Crippen molar-refractivity contribution in [3.63, 3.8) is 0 Å². The first-order chi connectivity index (χ1) is 14.7. The molecule has 2 rings (SSSR count). The Balaban J connectivity index is 1.96. The lowest BCUT2D eigenvalue weighted by Crippen LogP contribution is -2.42. The van der Waals surface area contributed by atoms with Crippen LogP contribution in [0.4, 0.5) is 0 Å². The molecule has 0 aliphatic carbocycles. The van der Waals surface area contributed by atoms with Crippen LogP contribution in [0.3, 0.4) is 0 Å². The summed E-state index contributed by atoms with van der Waals surface area (Å²) in [6, 6.07) is 9.25. The zero-order valence-corrected chi connectivity index (χ0v) is 19.1. The number of hydrogen-bond donors (Lipinski definition) is 2. The Labute approximate surface area is 183 Å². The van der Waals surface area contributed by atoms with Crippen LogP contribution >= 0.6 is 0 Å². The van der Waals surface area contributed by atoms with Crippen molar-refractivity contribution in [2.75, 3.05) is 40.3 Å². The Hall–Kier alpha value is -2.69. The van der Waals surface area contributed by atoms with E-state index in [1.807, 2.05) is 19.9 Å². The first kappa shape index (κ1) is 24.6. The van der Waals surface area contributed by atoms with E-state index in [1.54, 1.807) is 12.3 Å². The first-order valence-corrected chi connectivity index (χ1v) is 11.5. The minimum atomic E-state index is -3.66. The molecule has 1 aromatic carbocycles. The van der Waals surface area contributed by atoms with E-state index in [4.69, 9.17) is 4.42 Å². The van der Waals surface area contributed by atoms with Crippen molar-refractivity contribution in [2.45, 2.75) is 24.8 Å². The van der Waals surface area contributed by atoms with Crippen molar-refractivity contribution in [3.05, 3.63) is 54.0 Å². The van der Waals surface area contributed by atoms with Gasteiger partial charge in [0.1, 0.15) is 5.76 Å². The lowest BCUT2D eigenvalue weighted by atomic mass is 10.2. The molecule has 9 nitrogen and oxygen atoms in total. The van der Waals surface area contributed by atoms with Gasteiger partial charge in [-0.15, -0.1) is 0 Å². The Morgan fingerprint density at radius 3 is 2.35 bits per heavy atom. The van der Waals surface area contributed by atoms with E-state index >= 15 is 0 Å². The SMILES string of the molecule is CCN(CC)C(CNC(=O)CNC(=O)c1cccc(S(=O)(=O)N(C)C)c1)c1ccco1. The molecule has 0 bridgehead atoms. The molecule has 2 amide bonds. The summed E-state index contributed by atoms with van der Waals surface area (Å²) in [5.74, 6) is -0.127. The number of carbonyl (C=O) groups excluding carboxylic acids is 2. The molecule has 0 saturated heterocycles. The number of furan rings is 1. The van der Waals surface area contributed by atoms with Crippen LogP contribution in [0, 0.1) is 0 Å². The van der Waals surface area contributed by atoms with E-state index < -0.39 is 15.9 Å². The van der Waals surface area contributed by atoms with Crippen molar-refractivity contribution >= 4 is 21.8 Å². The van der Waals surface area contributed by atoms with Gasteiger partial charge in [0.15, 0.2) is 0 Å². The third-order valence-corrected chi connectivity index (χ3v) is 6.71. The van der Waals surface area contributed by atoms with Gasteiger partial charge in [0.2, 0.25) is 15.9 Å². The van der Waals surface area contributed by atoms with Crippen molar-refractivity contribution in [3.8, 4) is 0 Å². The molecule has 1 unspecified atom stereocenters. The van der Waals surface area contributed by atoms with Crippen molar-refractivity contribution in [1.29, 1.82) is 0 Å². The van der Waals surface area contributed by atoms with Crippen LogP contribution in [-0.4, -0.2) is 69.7 Å². The molecule has 0 saturated carbocycles. The molecule has 0 fully saturated rings. The Morgan fingerprint density at radius 2 is 1.77 bits per heavy atom. The number of nitrogens with one attached hydrogen (secondary N) is 2. The molecule has 31 heavy (non-hydrogen) atoms. The van der Waals surface area contributed by atoms with Gasteiger partial charge in [0, 0.05) is 26.2 Å². The Morgan fingerprint density at radius 1 is 1.06 bits per heavy atom. The summed E-state index contributed by atoms with van der Waals surface area (Å²) in [7, 11) is -0.822. The van der Waals surface area contributed by atoms with Crippen LogP contribution in [0.2, 0.25) is 0 Å². The summed E-state index contributed by atoms with van der Waals surface area (Å²) in [6.07, 6.45) is 1.60. The number of amides is 2. The molecule has 0 aliphatic rings. The molecule has 1 aromatic heterocycles. The molecule has 2 aromatic rings. The number of hydrogen-bond acceptors (Lipinski definition) is 6. The van der Waals surface area contributed by atoms with Gasteiger partial charge < -0.3 is 15.1 Å². The normalized spacial score (nSPS) is 12.7. The molecular weight excluding hydrogens is 420 g/mol. The average molecular weight is 451 g/mol. The minimum Gasteiger partial charge on any atom is -0.468 e. The molecule has 170 valence electrons. The smallest absolute Gasteiger partial charge is 0.251 e. The van der Waals surface area contributed by atoms with Crippen LogP contribution in [0.15, 0.2) is 52.0 Å². The molecule has 1 atom stereocenters. The third kappa shape index (κ3) is 6.39. The summed E-state index contributed by atoms with van der Waals surface area (Å²) in [4.78, 5) is 26.9. The second-order valence-electron chi connectivity index (χ2n) is 7.05. The fraction of sp³-hybridized carbons (Fsp3) is 0.429. The van der Waals surface area contributed by atoms with E-state index in [0.717, 1.165) is 23.2 Å². The predicted octanol–water partition coefficient (Wildman–Crippen LogP) is 1.46. The lowest BCUT2D eigenvalue weighted by Gasteiger charge is -2.28. The summed E-state index contributed by atoms with van der Waals surface area (Å²) in [5, 5.41) is 5.35. The van der Waals surface area contributed by atoms with Crippen molar-refractivity contribution < 1.29 is 22.4 Å². The van der Waals surface area contributed by atoms with Crippen LogP contribution < -0.4 is 10.6 Å². The highest BCUT2D eigenvalue weighted by Gasteiger charge is 2.22. The van der Waals surface area contributed by atoms with Gasteiger partial charge in [0.25, 0.3) is 5.91 Å². The highest BCUT2D eigenvalue weighted by Crippen LogP contribution is 2.20. The summed E-state index contributed by atoms with van der Waals surface area (Å²) in [5.41, 5.74) is 0.160. The number of rotatable bonds is 11. The summed E-state index contributed by atoms with van der Waals surface area (Å²) < 4.78 is 31.1. The standard InChI is InChI=1S/C21H30N4O5S/c1-5-25(6-2)18(19-11-8-12-30-19)14-22-20(26)15-23-21(27)16-9-7-10-17(13-16)31(28,29)24(3)4/h7-13,18H,5-6,14-15H2,1-4H3,(H,22,26)(H,23,27). The topological polar surface area (TPSA) is 112 Å². The number of sulfonamides is 1. The molecule has 10 heteroatoms. The minimum absolute atomic E-state index is 0.00936. The van der Waals surface area contributed by atoms with Gasteiger partial charge in [-0.25, -0.2) is 12.7 Å². The van der Waals surface area contributed by atoms with Gasteiger partial charge in [-0.1, -0.05) is 19.9 Å². The van der Waals surface area contributed by atoms with Crippen LogP contribution in [0.5, 0.6) is 0 Å². The van der Waals surface area contributed by atoms with E-state index in [2.05, 4.69) is 15.5 Å². The summed E-state index contributed by atoms with van der Waals surface area (Å²) >= 11 is 0. The highest BCUT2D eigenvalue weighted by molar-refractivity contribution is 7.89. The lowest BCUT2D eigenvalue weighted by molar-refractivity contribution is -0.120. The zero-order chi connectivity index (χ0) is 23.0. The molecule has 0 aliphatic heterocycles. The van der Waals surface area contributed by atoms with Crippen LogP contribution in [0.25, 0.3) is 0 Å². The van der Waals surface area contributed by atoms with Gasteiger partial charge in [-0.3, -0.25) is 14.5 Å². The number of likely N-dealkylation sites (N-methyl/N-ethyl adjacent to an activating group) is 1. The monoisotopic (exact) mass is 450 g/mol. The van der Waals surface area contributed by atoms with E-state index in [1.165, 1.54) is 38.4 Å². The Bertz CT molecular complexity index is 969. The number of nitrogens with zero attached hydrogens (tertiary/aromatic N) is 2. The summed E-state index contributed by atoms with van der Waals surface area (Å²) in [6.45, 7) is 5.76. The maximum atomic E-state index is 12.4. The second-order valence-corrected chi connectivity index (χ2v) is 9.21. The van der Waals surface area contributed by atoms with Gasteiger partial charge in [-0.05, 0) is 43.4 Å². The van der Waals surface area contributed by atoms with E-state index in [0.29, 0.717) is 6.54 Å². The van der Waals surface area contributed by atoms with Gasteiger partial charge >= 0.3 is 0 Å². The third-order valence-electron chi connectivity index (χ3n) is 4.90. The average Bonchev–Trinajstić information content (AvgIpc) is 3.29. The zero-order valence-electron chi connectivity index (χ0n) is 18.3. The molecule has 0 radical (unpaired) electrons. The number of benzene rings is 1. The molecular formula is C21H30N4O5S. The fourth-order valence-corrected chi connectivity index (χ4v) is 4.05. The molecule has 0 spiro atoms. The van der Waals surface area contributed by atoms with Crippen LogP contribution in [-0.2, 0) is 14.8 Å². The van der Waals surface area contributed by atoms with E-state index in [9.17, 15) is 18.0 Å². The van der Waals surface area contributed by atoms with Gasteiger partial charge in [-0.2, -0.15) is 0 Å². The van der Waals surface area contributed by atoms with Crippen LogP contribution in [0.1, 0.15) is 36.0 Å². The largest absolute Gasteiger partial charge is 0.468 e. The van der Waals surface area contributed by atoms with Crippen molar-refractivity contribution in [2.24, 2.45) is 0 Å². The maximum absolute atomic E-state index is 12.4. The highest BCUT2D eigenvalue weighted by atomic mass is 32.2. The Kier molecular flexibility index (Phi) is 8.78. The van der Waals surface area contributed by atoms with E-state index in [-0.39, 0.29) is 29.0 Å². The fourth-order valence-electron chi connectivity index (χ4n) is 3.10. The second kappa shape index (κ2) is 11.1. The first-order valence-electron chi connectivity index (χ1n) is 10.1. The van der Waals surface area contributed by atoms with Gasteiger partial charge in [0.05, 0.1) is 23.7 Å². The number of carbonyl (C=O) groups is 2. The maximum Gasteiger partial charge on any atom is 0.251 e. The van der Waals surface area contributed by atoms with Crippen molar-refractivity contribution in [1.82, 2.24) is 19.8 Å². The quantitative estimate of drug-likeness (QED) is 0.536. The molecule has 2 N–H and O–H groups in total. The molecule has 1 heterocycles.